The first-order valence-corrected chi connectivity index (χ1v) is 11.4. The quantitative estimate of drug-likeness (QED) is 0.516. The van der Waals surface area contributed by atoms with Gasteiger partial charge in [0.15, 0.2) is 0 Å². The summed E-state index contributed by atoms with van der Waals surface area (Å²) in [6, 6.07) is 5.15. The predicted octanol–water partition coefficient (Wildman–Crippen LogP) is 2.61. The molecule has 2 aliphatic rings. The zero-order valence-electron chi connectivity index (χ0n) is 18.6. The van der Waals surface area contributed by atoms with E-state index in [-0.39, 0.29) is 35.4 Å². The summed E-state index contributed by atoms with van der Waals surface area (Å²) in [4.78, 5) is 26.2. The largest absolute Gasteiger partial charge is 0.535 e. The van der Waals surface area contributed by atoms with Crippen molar-refractivity contribution in [3.8, 4) is 5.75 Å². The maximum absolute atomic E-state index is 12.7. The van der Waals surface area contributed by atoms with Gasteiger partial charge in [-0.15, -0.1) is 0 Å². The van der Waals surface area contributed by atoms with Gasteiger partial charge in [0.1, 0.15) is 11.5 Å². The van der Waals surface area contributed by atoms with Gasteiger partial charge in [-0.05, 0) is 82.6 Å². The van der Waals surface area contributed by atoms with Crippen molar-refractivity contribution in [3.63, 3.8) is 0 Å². The molecule has 1 aromatic rings. The second-order valence-corrected chi connectivity index (χ2v) is 9.56. The highest BCUT2D eigenvalue weighted by Crippen LogP contribution is 2.38. The van der Waals surface area contributed by atoms with Crippen LogP contribution in [0.3, 0.4) is 0 Å². The van der Waals surface area contributed by atoms with E-state index in [9.17, 15) is 19.7 Å². The van der Waals surface area contributed by atoms with Crippen LogP contribution in [0.4, 0.5) is 0 Å². The molecule has 1 aromatic carbocycles. The third-order valence-corrected chi connectivity index (χ3v) is 6.86. The lowest BCUT2D eigenvalue weighted by molar-refractivity contribution is -0.120. The number of benzene rings is 1. The van der Waals surface area contributed by atoms with Crippen LogP contribution in [-0.4, -0.2) is 60.6 Å². The third kappa shape index (κ3) is 6.31. The van der Waals surface area contributed by atoms with Gasteiger partial charge >= 0.3 is 13.1 Å². The maximum atomic E-state index is 12.7. The summed E-state index contributed by atoms with van der Waals surface area (Å²) in [5, 5.41) is 19.7. The Morgan fingerprint density at radius 2 is 1.94 bits per heavy atom. The van der Waals surface area contributed by atoms with Gasteiger partial charge in [0.05, 0.1) is 5.56 Å². The van der Waals surface area contributed by atoms with Crippen molar-refractivity contribution in [2.24, 2.45) is 17.6 Å². The molecule has 0 radical (unpaired) electrons. The van der Waals surface area contributed by atoms with E-state index in [1.165, 1.54) is 6.07 Å². The standard InChI is InChI=1S/C23H35BN2O5/c1-26(2)11-10-21(25)16-8-6-15(7-9-16)12-19(27)14-18-13-17-4-3-5-20(23(28)29)22(17)31-24(18)30/h3-5,15-16,18,21,30H,6-14,25H2,1-2H3,(H,28,29)/t15?,16?,18-,21?/m1/s1. The van der Waals surface area contributed by atoms with Gasteiger partial charge in [-0.25, -0.2) is 4.79 Å². The minimum absolute atomic E-state index is 0.0434. The smallest absolute Gasteiger partial charge is 0.526 e. The first-order chi connectivity index (χ1) is 14.7. The van der Waals surface area contributed by atoms with E-state index in [0.29, 0.717) is 24.7 Å². The Labute approximate surface area is 185 Å². The number of rotatable bonds is 9. The molecule has 1 aliphatic heterocycles. The highest BCUT2D eigenvalue weighted by Gasteiger charge is 2.38. The molecule has 0 aromatic heterocycles. The van der Waals surface area contributed by atoms with Crippen molar-refractivity contribution >= 4 is 18.9 Å². The molecule has 0 spiro atoms. The molecule has 1 saturated carbocycles. The topological polar surface area (TPSA) is 113 Å². The number of carbonyl (C=O) groups is 2. The SMILES string of the molecule is CN(C)CCC(N)C1CCC(CC(=O)C[C@H]2Cc3cccc(C(=O)O)c3OB2O)CC1. The molecule has 3 rings (SSSR count). The summed E-state index contributed by atoms with van der Waals surface area (Å²) in [7, 11) is 2.96. The fourth-order valence-corrected chi connectivity index (χ4v) is 4.99. The molecule has 1 fully saturated rings. The molecule has 170 valence electrons. The first kappa shape index (κ1) is 23.8. The van der Waals surface area contributed by atoms with Gasteiger partial charge < -0.3 is 25.4 Å². The number of ketones is 1. The molecule has 1 unspecified atom stereocenters. The summed E-state index contributed by atoms with van der Waals surface area (Å²) < 4.78 is 5.51. The van der Waals surface area contributed by atoms with Crippen LogP contribution in [0.15, 0.2) is 18.2 Å². The van der Waals surface area contributed by atoms with E-state index in [0.717, 1.165) is 44.2 Å². The van der Waals surface area contributed by atoms with Crippen molar-refractivity contribution in [3.05, 3.63) is 29.3 Å². The van der Waals surface area contributed by atoms with Gasteiger partial charge in [0.25, 0.3) is 0 Å². The number of nitrogens with two attached hydrogens (primary N) is 1. The second-order valence-electron chi connectivity index (χ2n) is 9.56. The molecule has 1 heterocycles. The number of aromatic carboxylic acids is 1. The van der Waals surface area contributed by atoms with Crippen molar-refractivity contribution in [2.75, 3.05) is 20.6 Å². The maximum Gasteiger partial charge on any atom is 0.526 e. The fraction of sp³-hybridized carbons (Fsp3) is 0.652. The Balaban J connectivity index is 1.47. The van der Waals surface area contributed by atoms with E-state index >= 15 is 0 Å². The number of hydrogen-bond acceptors (Lipinski definition) is 6. The van der Waals surface area contributed by atoms with Crippen molar-refractivity contribution in [1.82, 2.24) is 4.90 Å². The van der Waals surface area contributed by atoms with Crippen LogP contribution < -0.4 is 10.4 Å². The zero-order valence-corrected chi connectivity index (χ0v) is 18.6. The van der Waals surface area contributed by atoms with E-state index in [4.69, 9.17) is 10.4 Å². The van der Waals surface area contributed by atoms with Crippen LogP contribution in [0.5, 0.6) is 5.75 Å². The summed E-state index contributed by atoms with van der Waals surface area (Å²) in [5.74, 6) is -0.145. The predicted molar refractivity (Wildman–Crippen MR) is 120 cm³/mol. The van der Waals surface area contributed by atoms with Crippen LogP contribution >= 0.6 is 0 Å². The highest BCUT2D eigenvalue weighted by molar-refractivity contribution is 6.47. The molecule has 0 bridgehead atoms. The van der Waals surface area contributed by atoms with E-state index in [1.807, 2.05) is 0 Å². The highest BCUT2D eigenvalue weighted by atomic mass is 16.5. The van der Waals surface area contributed by atoms with Crippen molar-refractivity contribution < 1.29 is 24.4 Å². The summed E-state index contributed by atoms with van der Waals surface area (Å²) in [6.45, 7) is 1.00. The van der Waals surface area contributed by atoms with Crippen LogP contribution in [-0.2, 0) is 11.2 Å². The molecule has 4 N–H and O–H groups in total. The Morgan fingerprint density at radius 1 is 1.23 bits per heavy atom. The first-order valence-electron chi connectivity index (χ1n) is 11.4. The second kappa shape index (κ2) is 10.6. The number of carboxylic acid groups (broad SMARTS) is 1. The van der Waals surface area contributed by atoms with Crippen LogP contribution in [0.1, 0.15) is 60.9 Å². The number of nitrogens with zero attached hydrogens (tertiary/aromatic N) is 1. The summed E-state index contributed by atoms with van der Waals surface area (Å²) >= 11 is 0. The molecule has 7 nitrogen and oxygen atoms in total. The number of Topliss-reactive ketones (excluding diaryl/α,β-unsaturated/α-hetero) is 1. The summed E-state index contributed by atoms with van der Waals surface area (Å²) in [6.07, 6.45) is 6.44. The molecule has 2 atom stereocenters. The van der Waals surface area contributed by atoms with Gasteiger partial charge in [-0.1, -0.05) is 12.1 Å². The molecule has 0 saturated heterocycles. The Morgan fingerprint density at radius 3 is 2.58 bits per heavy atom. The normalized spacial score (nSPS) is 24.4. The van der Waals surface area contributed by atoms with E-state index < -0.39 is 13.1 Å². The lowest BCUT2D eigenvalue weighted by Crippen LogP contribution is -2.37. The minimum atomic E-state index is -1.16. The fourth-order valence-electron chi connectivity index (χ4n) is 4.99. The molecule has 8 heteroatoms. The van der Waals surface area contributed by atoms with Gasteiger partial charge in [-0.2, -0.15) is 0 Å². The lowest BCUT2D eigenvalue weighted by Gasteiger charge is -2.33. The van der Waals surface area contributed by atoms with Gasteiger partial charge in [0.2, 0.25) is 0 Å². The molecule has 1 aliphatic carbocycles. The van der Waals surface area contributed by atoms with Gasteiger partial charge in [-0.3, -0.25) is 4.79 Å². The van der Waals surface area contributed by atoms with Crippen LogP contribution in [0, 0.1) is 11.8 Å². The number of para-hydroxylation sites is 1. The Hall–Kier alpha value is -1.90. The van der Waals surface area contributed by atoms with E-state index in [1.54, 1.807) is 12.1 Å². The Kier molecular flexibility index (Phi) is 8.14. The molecular formula is C23H35BN2O5. The van der Waals surface area contributed by atoms with Crippen molar-refractivity contribution in [1.29, 1.82) is 0 Å². The molecular weight excluding hydrogens is 395 g/mol. The lowest BCUT2D eigenvalue weighted by atomic mass is 9.64. The van der Waals surface area contributed by atoms with Gasteiger partial charge in [0, 0.05) is 24.7 Å². The number of carbonyl (C=O) groups excluding carboxylic acids is 1. The number of hydrogen-bond donors (Lipinski definition) is 3. The minimum Gasteiger partial charge on any atom is -0.535 e. The zero-order chi connectivity index (χ0) is 22.5. The average molecular weight is 430 g/mol. The molecule has 31 heavy (non-hydrogen) atoms. The number of fused-ring (bicyclic) bond motifs is 1. The van der Waals surface area contributed by atoms with E-state index in [2.05, 4.69) is 19.0 Å². The number of carboxylic acids is 1. The monoisotopic (exact) mass is 430 g/mol. The third-order valence-electron chi connectivity index (χ3n) is 6.86. The van der Waals surface area contributed by atoms with Crippen molar-refractivity contribution in [2.45, 2.75) is 63.2 Å². The summed E-state index contributed by atoms with van der Waals surface area (Å²) in [5.41, 5.74) is 7.15. The van der Waals surface area contributed by atoms with Crippen LogP contribution in [0.2, 0.25) is 5.82 Å². The molecule has 0 amide bonds. The average Bonchev–Trinajstić information content (AvgIpc) is 2.72. The van der Waals surface area contributed by atoms with Crippen LogP contribution in [0.25, 0.3) is 0 Å². The Bertz CT molecular complexity index is 779.